The summed E-state index contributed by atoms with van der Waals surface area (Å²) in [5.41, 5.74) is 3.47. The second-order valence-electron chi connectivity index (χ2n) is 7.38. The van der Waals surface area contributed by atoms with Crippen molar-refractivity contribution in [1.82, 2.24) is 0 Å². The number of carbonyl (C=O) groups excluding carboxylic acids is 2. The molecule has 0 aliphatic carbocycles. The van der Waals surface area contributed by atoms with E-state index < -0.39 is 17.8 Å². The Hall–Kier alpha value is -4.51. The Balaban J connectivity index is 1.61. The van der Waals surface area contributed by atoms with Crippen LogP contribution in [0.25, 0.3) is 24.3 Å². The lowest BCUT2D eigenvalue weighted by Gasteiger charge is -2.05. The smallest absolute Gasteiger partial charge is 0.338 e. The Bertz CT molecular complexity index is 1270. The van der Waals surface area contributed by atoms with Crippen LogP contribution in [0.15, 0.2) is 91.5 Å². The molecule has 4 nitrogen and oxygen atoms in total. The molecule has 0 saturated heterocycles. The highest BCUT2D eigenvalue weighted by molar-refractivity contribution is 5.88. The van der Waals surface area contributed by atoms with Crippen LogP contribution >= 0.6 is 0 Å². The summed E-state index contributed by atoms with van der Waals surface area (Å²) in [6.45, 7) is 8.39. The van der Waals surface area contributed by atoms with Crippen LogP contribution in [-0.4, -0.2) is 11.9 Å². The molecule has 0 aromatic heterocycles. The van der Waals surface area contributed by atoms with E-state index in [9.17, 15) is 14.0 Å². The fourth-order valence-corrected chi connectivity index (χ4v) is 2.80. The van der Waals surface area contributed by atoms with E-state index in [0.29, 0.717) is 11.3 Å². The second-order valence-corrected chi connectivity index (χ2v) is 7.38. The van der Waals surface area contributed by atoms with Crippen molar-refractivity contribution in [3.05, 3.63) is 120 Å². The predicted octanol–water partition coefficient (Wildman–Crippen LogP) is 6.74. The normalized spacial score (nSPS) is 10.9. The SMILES string of the molecule is C=CC(=O)Oc1ccc(C=Cc2ccc(C=Cc3ccc(OC(=O)C(=C)C)cc3F)cc2)cc1. The molecule has 3 aromatic carbocycles. The van der Waals surface area contributed by atoms with Crippen LogP contribution in [-0.2, 0) is 9.59 Å². The van der Waals surface area contributed by atoms with Gasteiger partial charge in [-0.25, -0.2) is 14.0 Å². The fraction of sp³-hybridized carbons (Fsp3) is 0.0345. The average molecular weight is 454 g/mol. The van der Waals surface area contributed by atoms with Crippen molar-refractivity contribution in [3.63, 3.8) is 0 Å². The van der Waals surface area contributed by atoms with Crippen LogP contribution < -0.4 is 9.47 Å². The molecule has 0 aliphatic rings. The van der Waals surface area contributed by atoms with Crippen molar-refractivity contribution in [2.75, 3.05) is 0 Å². The maximum atomic E-state index is 14.3. The van der Waals surface area contributed by atoms with Crippen LogP contribution in [0, 0.1) is 5.82 Å². The number of ether oxygens (including phenoxy) is 2. The number of esters is 2. The number of rotatable bonds is 8. The molecule has 0 N–H and O–H groups in total. The maximum absolute atomic E-state index is 14.3. The molecule has 0 atom stereocenters. The zero-order valence-electron chi connectivity index (χ0n) is 18.7. The zero-order valence-corrected chi connectivity index (χ0v) is 18.7. The van der Waals surface area contributed by atoms with Gasteiger partial charge >= 0.3 is 11.9 Å². The van der Waals surface area contributed by atoms with Crippen molar-refractivity contribution >= 4 is 36.2 Å². The van der Waals surface area contributed by atoms with Gasteiger partial charge in [-0.3, -0.25) is 0 Å². The van der Waals surface area contributed by atoms with Gasteiger partial charge in [0.15, 0.2) is 0 Å². The molecule has 0 saturated carbocycles. The largest absolute Gasteiger partial charge is 0.423 e. The summed E-state index contributed by atoms with van der Waals surface area (Å²) in [4.78, 5) is 22.8. The molecule has 170 valence electrons. The number of halogens is 1. The topological polar surface area (TPSA) is 52.6 Å². The summed E-state index contributed by atoms with van der Waals surface area (Å²) in [6, 6.07) is 19.1. The third-order valence-electron chi connectivity index (χ3n) is 4.66. The van der Waals surface area contributed by atoms with Gasteiger partial charge in [0.1, 0.15) is 17.3 Å². The predicted molar refractivity (Wildman–Crippen MR) is 133 cm³/mol. The van der Waals surface area contributed by atoms with Gasteiger partial charge in [0.05, 0.1) is 0 Å². The van der Waals surface area contributed by atoms with Gasteiger partial charge in [-0.05, 0) is 47.9 Å². The minimum absolute atomic E-state index is 0.131. The number of hydrogen-bond donors (Lipinski definition) is 0. The summed E-state index contributed by atoms with van der Waals surface area (Å²) in [5, 5.41) is 0. The lowest BCUT2D eigenvalue weighted by Crippen LogP contribution is -2.08. The molecular weight excluding hydrogens is 431 g/mol. The van der Waals surface area contributed by atoms with Crippen LogP contribution in [0.5, 0.6) is 11.5 Å². The van der Waals surface area contributed by atoms with Crippen LogP contribution in [0.1, 0.15) is 29.2 Å². The molecule has 3 aromatic rings. The first-order valence-corrected chi connectivity index (χ1v) is 10.4. The van der Waals surface area contributed by atoms with E-state index >= 15 is 0 Å². The molecule has 0 amide bonds. The van der Waals surface area contributed by atoms with Gasteiger partial charge in [-0.1, -0.05) is 73.9 Å². The first-order chi connectivity index (χ1) is 16.3. The minimum atomic E-state index is -0.595. The van der Waals surface area contributed by atoms with Crippen molar-refractivity contribution < 1.29 is 23.5 Å². The molecule has 0 bridgehead atoms. The summed E-state index contributed by atoms with van der Waals surface area (Å²) >= 11 is 0. The number of carbonyl (C=O) groups is 2. The van der Waals surface area contributed by atoms with Crippen molar-refractivity contribution in [1.29, 1.82) is 0 Å². The third-order valence-corrected chi connectivity index (χ3v) is 4.66. The summed E-state index contributed by atoms with van der Waals surface area (Å²) in [5.74, 6) is -0.999. The Labute approximate surface area is 198 Å². The summed E-state index contributed by atoms with van der Waals surface area (Å²) in [6.07, 6.45) is 8.48. The molecule has 0 aliphatic heterocycles. The number of hydrogen-bond acceptors (Lipinski definition) is 4. The first kappa shape index (κ1) is 24.1. The van der Waals surface area contributed by atoms with Gasteiger partial charge in [-0.2, -0.15) is 0 Å². The molecule has 3 rings (SSSR count). The number of benzene rings is 3. The molecule has 0 heterocycles. The van der Waals surface area contributed by atoms with E-state index in [-0.39, 0.29) is 11.3 Å². The van der Waals surface area contributed by atoms with E-state index in [1.165, 1.54) is 19.1 Å². The minimum Gasteiger partial charge on any atom is -0.423 e. The van der Waals surface area contributed by atoms with E-state index in [0.717, 1.165) is 22.8 Å². The molecule has 34 heavy (non-hydrogen) atoms. The molecule has 0 radical (unpaired) electrons. The van der Waals surface area contributed by atoms with Gasteiger partial charge in [0.25, 0.3) is 0 Å². The van der Waals surface area contributed by atoms with Crippen molar-refractivity contribution in [2.24, 2.45) is 0 Å². The van der Waals surface area contributed by atoms with Gasteiger partial charge in [-0.15, -0.1) is 0 Å². The van der Waals surface area contributed by atoms with Crippen molar-refractivity contribution in [3.8, 4) is 11.5 Å². The highest BCUT2D eigenvalue weighted by atomic mass is 19.1. The van der Waals surface area contributed by atoms with E-state index in [1.54, 1.807) is 30.4 Å². The van der Waals surface area contributed by atoms with Crippen LogP contribution in [0.3, 0.4) is 0 Å². The third kappa shape index (κ3) is 7.00. The van der Waals surface area contributed by atoms with Crippen LogP contribution in [0.4, 0.5) is 4.39 Å². The van der Waals surface area contributed by atoms with E-state index in [4.69, 9.17) is 9.47 Å². The van der Waals surface area contributed by atoms with Gasteiger partial charge < -0.3 is 9.47 Å². The Morgan fingerprint density at radius 3 is 1.76 bits per heavy atom. The Morgan fingerprint density at radius 2 is 1.26 bits per heavy atom. The molecule has 0 fully saturated rings. The first-order valence-electron chi connectivity index (χ1n) is 10.4. The van der Waals surface area contributed by atoms with Crippen molar-refractivity contribution in [2.45, 2.75) is 6.92 Å². The van der Waals surface area contributed by atoms with E-state index in [2.05, 4.69) is 13.2 Å². The molecule has 0 spiro atoms. The van der Waals surface area contributed by atoms with Gasteiger partial charge in [0.2, 0.25) is 0 Å². The molecular formula is C29H23FO4. The lowest BCUT2D eigenvalue weighted by molar-refractivity contribution is -0.130. The Kier molecular flexibility index (Phi) is 8.08. The zero-order chi connectivity index (χ0) is 24.5. The highest BCUT2D eigenvalue weighted by Crippen LogP contribution is 2.20. The van der Waals surface area contributed by atoms with Gasteiger partial charge in [0, 0.05) is 23.3 Å². The lowest BCUT2D eigenvalue weighted by atomic mass is 10.1. The average Bonchev–Trinajstić information content (AvgIpc) is 2.83. The second kappa shape index (κ2) is 11.4. The molecule has 5 heteroatoms. The highest BCUT2D eigenvalue weighted by Gasteiger charge is 2.08. The molecule has 0 unspecified atom stereocenters. The quantitative estimate of drug-likeness (QED) is 0.164. The fourth-order valence-electron chi connectivity index (χ4n) is 2.80. The van der Waals surface area contributed by atoms with Crippen LogP contribution in [0.2, 0.25) is 0 Å². The van der Waals surface area contributed by atoms with E-state index in [1.807, 2.05) is 48.6 Å². The Morgan fingerprint density at radius 1 is 0.765 bits per heavy atom. The summed E-state index contributed by atoms with van der Waals surface area (Å²) in [7, 11) is 0. The maximum Gasteiger partial charge on any atom is 0.338 e. The monoisotopic (exact) mass is 454 g/mol. The summed E-state index contributed by atoms with van der Waals surface area (Å²) < 4.78 is 24.4. The standard InChI is InChI=1S/C29H23FO4/c1-4-28(31)33-25-16-12-23(13-17-25)10-7-21-5-8-22(9-6-21)11-14-24-15-18-26(19-27(24)30)34-29(32)20(2)3/h4-19H,1-2H2,3H3.